The van der Waals surface area contributed by atoms with E-state index in [1.807, 2.05) is 0 Å². The lowest BCUT2D eigenvalue weighted by atomic mass is 10.3. The average molecular weight is 256 g/mol. The molecular formula is C8H8F4N2OS. The molecule has 1 heterocycles. The summed E-state index contributed by atoms with van der Waals surface area (Å²) in [6.07, 6.45) is -8.64. The maximum absolute atomic E-state index is 12.6. The highest BCUT2D eigenvalue weighted by atomic mass is 32.1. The van der Waals surface area contributed by atoms with Crippen LogP contribution in [0.5, 0.6) is 0 Å². The molecule has 0 aliphatic heterocycles. The molecule has 0 N–H and O–H groups in total. The van der Waals surface area contributed by atoms with Crippen LogP contribution in [0.15, 0.2) is 10.9 Å². The second-order valence-electron chi connectivity index (χ2n) is 3.08. The number of hydrogen-bond acceptors (Lipinski definition) is 3. The molecule has 90 valence electrons. The topological polar surface area (TPSA) is 33.2 Å². The molecule has 3 nitrogen and oxygen atoms in total. The number of thiazole rings is 1. The second kappa shape index (κ2) is 4.77. The average Bonchev–Trinajstić information content (AvgIpc) is 2.66. The summed E-state index contributed by atoms with van der Waals surface area (Å²) in [6, 6.07) is 0. The Hall–Kier alpha value is -1.18. The summed E-state index contributed by atoms with van der Waals surface area (Å²) in [4.78, 5) is 15.5. The Labute approximate surface area is 92.7 Å². The summed E-state index contributed by atoms with van der Waals surface area (Å²) >= 11 is 1.24. The fourth-order valence-corrected chi connectivity index (χ4v) is 1.52. The molecule has 1 atom stereocenters. The van der Waals surface area contributed by atoms with E-state index in [1.54, 1.807) is 5.38 Å². The van der Waals surface area contributed by atoms with E-state index in [4.69, 9.17) is 0 Å². The van der Waals surface area contributed by atoms with Crippen LogP contribution in [0.25, 0.3) is 0 Å². The van der Waals surface area contributed by atoms with Crippen molar-refractivity contribution in [1.29, 1.82) is 0 Å². The first-order valence-electron chi connectivity index (χ1n) is 4.15. The van der Waals surface area contributed by atoms with Crippen LogP contribution >= 0.6 is 11.3 Å². The number of nitrogens with zero attached hydrogens (tertiary/aromatic N) is 2. The van der Waals surface area contributed by atoms with Crippen molar-refractivity contribution < 1.29 is 22.4 Å². The Balaban J connectivity index is 2.61. The van der Waals surface area contributed by atoms with Crippen LogP contribution in [0.1, 0.15) is 5.69 Å². The van der Waals surface area contributed by atoms with Crippen molar-refractivity contribution in [1.82, 2.24) is 9.88 Å². The number of rotatable bonds is 3. The van der Waals surface area contributed by atoms with Crippen molar-refractivity contribution in [3.8, 4) is 0 Å². The van der Waals surface area contributed by atoms with E-state index < -0.39 is 18.3 Å². The smallest absolute Gasteiger partial charge is 0.337 e. The molecule has 0 saturated carbocycles. The standard InChI is InChI=1S/C8H8F4N2OS/c1-14(2-5-3-16-4-13-5)7(15)6(9)8(10,11)12/h3-4,6H,2H2,1H3/t6-/m0/s1. The Bertz CT molecular complexity index is 351. The van der Waals surface area contributed by atoms with Crippen molar-refractivity contribution in [2.75, 3.05) is 7.05 Å². The second-order valence-corrected chi connectivity index (χ2v) is 3.80. The zero-order chi connectivity index (χ0) is 12.3. The highest BCUT2D eigenvalue weighted by Crippen LogP contribution is 2.24. The minimum Gasteiger partial charge on any atom is -0.337 e. The molecule has 1 amide bonds. The predicted molar refractivity (Wildman–Crippen MR) is 49.5 cm³/mol. The van der Waals surface area contributed by atoms with Crippen LogP contribution in [0, 0.1) is 0 Å². The molecule has 0 saturated heterocycles. The minimum atomic E-state index is -5.16. The van der Waals surface area contributed by atoms with Gasteiger partial charge in [-0.2, -0.15) is 13.2 Å². The highest BCUT2D eigenvalue weighted by Gasteiger charge is 2.46. The van der Waals surface area contributed by atoms with E-state index in [0.717, 1.165) is 7.05 Å². The molecule has 0 aromatic carbocycles. The first kappa shape index (κ1) is 12.9. The van der Waals surface area contributed by atoms with Gasteiger partial charge in [-0.15, -0.1) is 11.3 Å². The molecular weight excluding hydrogens is 248 g/mol. The molecule has 0 bridgehead atoms. The third-order valence-electron chi connectivity index (χ3n) is 1.76. The van der Waals surface area contributed by atoms with Gasteiger partial charge < -0.3 is 4.90 Å². The van der Waals surface area contributed by atoms with E-state index in [0.29, 0.717) is 10.6 Å². The van der Waals surface area contributed by atoms with Crippen molar-refractivity contribution in [3.05, 3.63) is 16.6 Å². The predicted octanol–water partition coefficient (Wildman–Crippen LogP) is 2.00. The molecule has 0 radical (unpaired) electrons. The number of amides is 1. The lowest BCUT2D eigenvalue weighted by Gasteiger charge is -2.19. The fourth-order valence-electron chi connectivity index (χ4n) is 0.970. The van der Waals surface area contributed by atoms with Crippen LogP contribution in [0.3, 0.4) is 0 Å². The van der Waals surface area contributed by atoms with Gasteiger partial charge in [0.15, 0.2) is 0 Å². The quantitative estimate of drug-likeness (QED) is 0.775. The third kappa shape index (κ3) is 3.16. The van der Waals surface area contributed by atoms with E-state index in [2.05, 4.69) is 4.98 Å². The number of carbonyl (C=O) groups is 1. The largest absolute Gasteiger partial charge is 0.428 e. The molecule has 1 aromatic heterocycles. The van der Waals surface area contributed by atoms with Gasteiger partial charge >= 0.3 is 6.18 Å². The number of halogens is 4. The Morgan fingerprint density at radius 3 is 2.69 bits per heavy atom. The molecule has 0 fully saturated rings. The lowest BCUT2D eigenvalue weighted by molar-refractivity contribution is -0.192. The van der Waals surface area contributed by atoms with Gasteiger partial charge in [-0.25, -0.2) is 9.37 Å². The van der Waals surface area contributed by atoms with Crippen LogP contribution in [0.2, 0.25) is 0 Å². The SMILES string of the molecule is CN(Cc1cscn1)C(=O)[C@H](F)C(F)(F)F. The molecule has 1 rings (SSSR count). The van der Waals surface area contributed by atoms with E-state index in [1.165, 1.54) is 16.8 Å². The zero-order valence-electron chi connectivity index (χ0n) is 8.16. The van der Waals surface area contributed by atoms with Crippen molar-refractivity contribution in [2.24, 2.45) is 0 Å². The van der Waals surface area contributed by atoms with E-state index in [-0.39, 0.29) is 6.54 Å². The van der Waals surface area contributed by atoms with Gasteiger partial charge in [0.25, 0.3) is 12.1 Å². The first-order valence-corrected chi connectivity index (χ1v) is 5.09. The number of hydrogen-bond donors (Lipinski definition) is 0. The summed E-state index contributed by atoms with van der Waals surface area (Å²) in [5.41, 5.74) is 1.90. The van der Waals surface area contributed by atoms with Gasteiger partial charge in [-0.05, 0) is 0 Å². The monoisotopic (exact) mass is 256 g/mol. The Morgan fingerprint density at radius 2 is 2.25 bits per heavy atom. The van der Waals surface area contributed by atoms with Gasteiger partial charge in [0.05, 0.1) is 17.7 Å². The third-order valence-corrected chi connectivity index (χ3v) is 2.40. The molecule has 1 aromatic rings. The zero-order valence-corrected chi connectivity index (χ0v) is 8.98. The summed E-state index contributed by atoms with van der Waals surface area (Å²) in [5.74, 6) is -1.61. The summed E-state index contributed by atoms with van der Waals surface area (Å²) in [6.45, 7) is -0.140. The Morgan fingerprint density at radius 1 is 1.62 bits per heavy atom. The van der Waals surface area contributed by atoms with Crippen molar-refractivity contribution in [2.45, 2.75) is 18.9 Å². The summed E-state index contributed by atoms with van der Waals surface area (Å²) in [7, 11) is 1.10. The van der Waals surface area contributed by atoms with Gasteiger partial charge in [-0.1, -0.05) is 0 Å². The maximum Gasteiger partial charge on any atom is 0.428 e. The molecule has 0 aliphatic rings. The van der Waals surface area contributed by atoms with E-state index >= 15 is 0 Å². The Kier molecular flexibility index (Phi) is 3.84. The molecule has 0 spiro atoms. The number of aromatic nitrogens is 1. The molecule has 8 heteroatoms. The number of carbonyl (C=O) groups excluding carboxylic acids is 1. The summed E-state index contributed by atoms with van der Waals surface area (Å²) < 4.78 is 48.4. The minimum absolute atomic E-state index is 0.140. The normalized spacial score (nSPS) is 13.6. The molecule has 16 heavy (non-hydrogen) atoms. The van der Waals surface area contributed by atoms with E-state index in [9.17, 15) is 22.4 Å². The van der Waals surface area contributed by atoms with Crippen molar-refractivity contribution >= 4 is 17.2 Å². The van der Waals surface area contributed by atoms with Crippen molar-refractivity contribution in [3.63, 3.8) is 0 Å². The van der Waals surface area contributed by atoms with Gasteiger partial charge in [0, 0.05) is 12.4 Å². The highest BCUT2D eigenvalue weighted by molar-refractivity contribution is 7.07. The number of alkyl halides is 4. The lowest BCUT2D eigenvalue weighted by Crippen LogP contribution is -2.41. The molecule has 0 unspecified atom stereocenters. The molecule has 0 aliphatic carbocycles. The van der Waals surface area contributed by atoms with Gasteiger partial charge in [-0.3, -0.25) is 4.79 Å². The van der Waals surface area contributed by atoms with Crippen LogP contribution in [-0.2, 0) is 11.3 Å². The van der Waals surface area contributed by atoms with Crippen LogP contribution in [0.4, 0.5) is 17.6 Å². The van der Waals surface area contributed by atoms with Gasteiger partial charge in [0.1, 0.15) is 0 Å². The van der Waals surface area contributed by atoms with Crippen LogP contribution < -0.4 is 0 Å². The summed E-state index contributed by atoms with van der Waals surface area (Å²) in [5, 5.41) is 1.57. The first-order chi connectivity index (χ1) is 7.32. The van der Waals surface area contributed by atoms with Crippen LogP contribution in [-0.4, -0.2) is 35.2 Å². The van der Waals surface area contributed by atoms with Gasteiger partial charge in [0.2, 0.25) is 0 Å². The fraction of sp³-hybridized carbons (Fsp3) is 0.500. The maximum atomic E-state index is 12.6.